The fourth-order valence-corrected chi connectivity index (χ4v) is 1.10. The molecule has 0 fully saturated rings. The summed E-state index contributed by atoms with van der Waals surface area (Å²) in [5.41, 5.74) is 0. The van der Waals surface area contributed by atoms with Crippen molar-refractivity contribution in [3.8, 4) is 0 Å². The van der Waals surface area contributed by atoms with Crippen molar-refractivity contribution >= 4 is 8.07 Å². The molecule has 0 N–H and O–H groups in total. The van der Waals surface area contributed by atoms with E-state index in [9.17, 15) is 0 Å². The Balaban J connectivity index is 3.11. The van der Waals surface area contributed by atoms with E-state index in [1.165, 1.54) is 0 Å². The van der Waals surface area contributed by atoms with Crippen LogP contribution in [-0.4, -0.2) is 14.7 Å². The van der Waals surface area contributed by atoms with Crippen molar-refractivity contribution in [2.75, 3.05) is 6.61 Å². The lowest BCUT2D eigenvalue weighted by Gasteiger charge is -2.13. The van der Waals surface area contributed by atoms with Gasteiger partial charge in [0.25, 0.3) is 0 Å². The normalized spacial score (nSPS) is 12.0. The summed E-state index contributed by atoms with van der Waals surface area (Å²) in [6.07, 6.45) is 0. The summed E-state index contributed by atoms with van der Waals surface area (Å²) in [5.74, 6) is 0. The van der Waals surface area contributed by atoms with Gasteiger partial charge < -0.3 is 4.74 Å². The van der Waals surface area contributed by atoms with Gasteiger partial charge in [-0.25, -0.2) is 0 Å². The monoisotopic (exact) mass is 130 g/mol. The quantitative estimate of drug-likeness (QED) is 0.531. The van der Waals surface area contributed by atoms with Crippen LogP contribution in [0.25, 0.3) is 0 Å². The SMILES string of the molecule is [CH]OCC[Si](C)(C)C. The van der Waals surface area contributed by atoms with Crippen LogP contribution in [0, 0.1) is 7.11 Å². The first-order valence-electron chi connectivity index (χ1n) is 2.88. The fourth-order valence-electron chi connectivity index (χ4n) is 0.365. The second kappa shape index (κ2) is 3.25. The minimum Gasteiger partial charge on any atom is -0.373 e. The first kappa shape index (κ1) is 8.18. The maximum Gasteiger partial charge on any atom is 0.115 e. The van der Waals surface area contributed by atoms with E-state index in [1.54, 1.807) is 0 Å². The van der Waals surface area contributed by atoms with Crippen LogP contribution in [0.3, 0.4) is 0 Å². The standard InChI is InChI=1S/C6H14OSi/c1-7-5-6-8(2,3)4/h1H,5-6H2,2-4H3. The molecule has 0 atom stereocenters. The minimum atomic E-state index is -0.883. The Bertz CT molecular complexity index is 56.0. The summed E-state index contributed by atoms with van der Waals surface area (Å²) in [5, 5.41) is 0. The number of ether oxygens (including phenoxy) is 1. The zero-order chi connectivity index (χ0) is 6.62. The molecule has 0 saturated carbocycles. The van der Waals surface area contributed by atoms with E-state index in [1.807, 2.05) is 0 Å². The highest BCUT2D eigenvalue weighted by Gasteiger charge is 2.10. The number of rotatable bonds is 3. The van der Waals surface area contributed by atoms with Crippen LogP contribution in [0.5, 0.6) is 0 Å². The second-order valence-corrected chi connectivity index (χ2v) is 8.80. The highest BCUT2D eigenvalue weighted by atomic mass is 28.3. The van der Waals surface area contributed by atoms with Gasteiger partial charge in [0, 0.05) is 14.7 Å². The Morgan fingerprint density at radius 2 is 1.88 bits per heavy atom. The Hall–Kier alpha value is 0.177. The lowest BCUT2D eigenvalue weighted by Crippen LogP contribution is -2.20. The molecule has 2 radical (unpaired) electrons. The molecule has 0 aliphatic rings. The third kappa shape index (κ3) is 6.18. The molecule has 0 aromatic carbocycles. The van der Waals surface area contributed by atoms with E-state index in [-0.39, 0.29) is 0 Å². The maximum absolute atomic E-state index is 4.86. The van der Waals surface area contributed by atoms with Crippen LogP contribution in [0.2, 0.25) is 25.7 Å². The molecule has 0 spiro atoms. The molecular weight excluding hydrogens is 116 g/mol. The molecule has 0 amide bonds. The second-order valence-electron chi connectivity index (χ2n) is 3.18. The smallest absolute Gasteiger partial charge is 0.115 e. The molecule has 2 heteroatoms. The van der Waals surface area contributed by atoms with Gasteiger partial charge in [-0.05, 0) is 6.04 Å². The van der Waals surface area contributed by atoms with Crippen LogP contribution < -0.4 is 0 Å². The Morgan fingerprint density at radius 1 is 1.38 bits per heavy atom. The average molecular weight is 130 g/mol. The molecule has 0 bridgehead atoms. The lowest BCUT2D eigenvalue weighted by molar-refractivity contribution is 0.260. The van der Waals surface area contributed by atoms with E-state index in [0.29, 0.717) is 0 Å². The molecule has 8 heavy (non-hydrogen) atoms. The minimum absolute atomic E-state index is 0.718. The van der Waals surface area contributed by atoms with Crippen molar-refractivity contribution < 1.29 is 4.74 Å². The third-order valence-corrected chi connectivity index (χ3v) is 2.67. The summed E-state index contributed by atoms with van der Waals surface area (Å²) in [6, 6.07) is 1.16. The zero-order valence-electron chi connectivity index (χ0n) is 5.90. The van der Waals surface area contributed by atoms with Gasteiger partial charge in [-0.15, -0.1) is 0 Å². The van der Waals surface area contributed by atoms with E-state index < -0.39 is 8.07 Å². The number of hydrogen-bond donors (Lipinski definition) is 0. The third-order valence-electron chi connectivity index (χ3n) is 0.970. The molecule has 0 rings (SSSR count). The van der Waals surface area contributed by atoms with Gasteiger partial charge in [0.2, 0.25) is 0 Å². The van der Waals surface area contributed by atoms with Gasteiger partial charge in [0.1, 0.15) is 7.11 Å². The van der Waals surface area contributed by atoms with Crippen LogP contribution >= 0.6 is 0 Å². The highest BCUT2D eigenvalue weighted by molar-refractivity contribution is 6.76. The predicted molar refractivity (Wildman–Crippen MR) is 38.4 cm³/mol. The highest BCUT2D eigenvalue weighted by Crippen LogP contribution is 2.06. The predicted octanol–water partition coefficient (Wildman–Crippen LogP) is 2.01. The molecule has 0 aliphatic heterocycles. The van der Waals surface area contributed by atoms with Crippen LogP contribution in [-0.2, 0) is 4.74 Å². The van der Waals surface area contributed by atoms with E-state index >= 15 is 0 Å². The van der Waals surface area contributed by atoms with Gasteiger partial charge in [-0.1, -0.05) is 19.6 Å². The van der Waals surface area contributed by atoms with E-state index in [4.69, 9.17) is 7.11 Å². The Kier molecular flexibility index (Phi) is 3.32. The first-order chi connectivity index (χ1) is 3.56. The lowest BCUT2D eigenvalue weighted by atomic mass is 10.9. The summed E-state index contributed by atoms with van der Waals surface area (Å²) in [7, 11) is 3.97. The van der Waals surface area contributed by atoms with Gasteiger partial charge in [-0.2, -0.15) is 0 Å². The molecular formula is C6H14OSi. The molecule has 0 aromatic rings. The summed E-state index contributed by atoms with van der Waals surface area (Å²) in [6.45, 7) is 7.61. The molecule has 0 aromatic heterocycles. The van der Waals surface area contributed by atoms with Crippen molar-refractivity contribution in [2.45, 2.75) is 25.7 Å². The van der Waals surface area contributed by atoms with E-state index in [0.717, 1.165) is 12.7 Å². The van der Waals surface area contributed by atoms with Crippen molar-refractivity contribution in [1.82, 2.24) is 0 Å². The van der Waals surface area contributed by atoms with Crippen LogP contribution in [0.15, 0.2) is 0 Å². The summed E-state index contributed by atoms with van der Waals surface area (Å²) < 4.78 is 4.45. The largest absolute Gasteiger partial charge is 0.373 e. The molecule has 0 heterocycles. The van der Waals surface area contributed by atoms with Crippen LogP contribution in [0.1, 0.15) is 0 Å². The van der Waals surface area contributed by atoms with Crippen molar-refractivity contribution in [3.63, 3.8) is 0 Å². The van der Waals surface area contributed by atoms with Gasteiger partial charge >= 0.3 is 0 Å². The molecule has 0 unspecified atom stereocenters. The summed E-state index contributed by atoms with van der Waals surface area (Å²) in [4.78, 5) is 0. The Labute approximate surface area is 53.1 Å². The fraction of sp³-hybridized carbons (Fsp3) is 0.833. The van der Waals surface area contributed by atoms with Crippen molar-refractivity contribution in [2.24, 2.45) is 0 Å². The molecule has 0 saturated heterocycles. The molecule has 48 valence electrons. The maximum atomic E-state index is 4.86. The molecule has 1 nitrogen and oxygen atoms in total. The van der Waals surface area contributed by atoms with Gasteiger partial charge in [0.15, 0.2) is 0 Å². The first-order valence-corrected chi connectivity index (χ1v) is 6.59. The van der Waals surface area contributed by atoms with Gasteiger partial charge in [0.05, 0.1) is 0 Å². The van der Waals surface area contributed by atoms with Crippen LogP contribution in [0.4, 0.5) is 0 Å². The van der Waals surface area contributed by atoms with E-state index in [2.05, 4.69) is 24.4 Å². The zero-order valence-corrected chi connectivity index (χ0v) is 6.90. The van der Waals surface area contributed by atoms with Crippen molar-refractivity contribution in [3.05, 3.63) is 7.11 Å². The Morgan fingerprint density at radius 3 is 2.00 bits per heavy atom. The topological polar surface area (TPSA) is 9.23 Å². The summed E-state index contributed by atoms with van der Waals surface area (Å²) >= 11 is 0. The average Bonchev–Trinajstić information content (AvgIpc) is 1.59. The molecule has 0 aliphatic carbocycles. The number of hydrogen-bond acceptors (Lipinski definition) is 1. The van der Waals surface area contributed by atoms with Crippen molar-refractivity contribution in [1.29, 1.82) is 0 Å². The van der Waals surface area contributed by atoms with Gasteiger partial charge in [-0.3, -0.25) is 0 Å².